The molecule has 8 heteroatoms. The lowest BCUT2D eigenvalue weighted by atomic mass is 10.1. The number of halogens is 1. The summed E-state index contributed by atoms with van der Waals surface area (Å²) in [7, 11) is 1.64. The lowest BCUT2D eigenvalue weighted by molar-refractivity contribution is -0.115. The zero-order valence-electron chi connectivity index (χ0n) is 16.0. The number of aromatic hydroxyl groups is 1. The number of imide groups is 1. The molecule has 1 N–H and O–H groups in total. The molecule has 1 aliphatic heterocycles. The number of aldehydes is 1. The number of benzene rings is 2. The van der Waals surface area contributed by atoms with E-state index in [4.69, 9.17) is 11.2 Å². The van der Waals surface area contributed by atoms with Gasteiger partial charge in [-0.3, -0.25) is 14.4 Å². The lowest BCUT2D eigenvalue weighted by Gasteiger charge is -2.25. The molecule has 2 aromatic carbocycles. The number of rotatable bonds is 6. The largest absolute Gasteiger partial charge is 0.508 e. The van der Waals surface area contributed by atoms with Crippen LogP contribution in [0.1, 0.15) is 33.6 Å². The Morgan fingerprint density at radius 2 is 1.97 bits per heavy atom. The standard InChI is InChI=1S/C22H17FN2O5/c1-3-8-24(2)18-11-17(16(23)10-19(18)30-22(12-26)6-7-22)25-20(28)14-5-4-13(27)9-15(14)21(25)29/h1,4-5,9-12,27H,6-8H2,2H3. The highest BCUT2D eigenvalue weighted by atomic mass is 19.1. The van der Waals surface area contributed by atoms with E-state index in [2.05, 4.69) is 5.92 Å². The first kappa shape index (κ1) is 19.5. The van der Waals surface area contributed by atoms with Crippen molar-refractivity contribution in [3.8, 4) is 23.8 Å². The summed E-state index contributed by atoms with van der Waals surface area (Å²) < 4.78 is 20.8. The molecule has 1 aliphatic carbocycles. The summed E-state index contributed by atoms with van der Waals surface area (Å²) in [4.78, 5) is 39.2. The fraction of sp³-hybridized carbons (Fsp3) is 0.227. The molecule has 0 saturated heterocycles. The van der Waals surface area contributed by atoms with Crippen molar-refractivity contribution < 1.29 is 28.6 Å². The number of ether oxygens (including phenoxy) is 1. The summed E-state index contributed by atoms with van der Waals surface area (Å²) in [6.45, 7) is 0.144. The molecule has 2 aromatic rings. The minimum atomic E-state index is -0.993. The number of amides is 2. The van der Waals surface area contributed by atoms with Gasteiger partial charge >= 0.3 is 0 Å². The van der Waals surface area contributed by atoms with E-state index in [1.54, 1.807) is 11.9 Å². The molecule has 4 rings (SSSR count). The number of nitrogens with zero attached hydrogens (tertiary/aromatic N) is 2. The van der Waals surface area contributed by atoms with Crippen molar-refractivity contribution in [1.29, 1.82) is 0 Å². The fourth-order valence-corrected chi connectivity index (χ4v) is 3.34. The molecular formula is C22H17FN2O5. The Balaban J connectivity index is 1.80. The van der Waals surface area contributed by atoms with Crippen molar-refractivity contribution >= 4 is 29.5 Å². The van der Waals surface area contributed by atoms with E-state index in [1.807, 2.05) is 0 Å². The summed E-state index contributed by atoms with van der Waals surface area (Å²) >= 11 is 0. The summed E-state index contributed by atoms with van der Waals surface area (Å²) in [6, 6.07) is 6.10. The van der Waals surface area contributed by atoms with E-state index in [1.165, 1.54) is 18.2 Å². The van der Waals surface area contributed by atoms with E-state index in [-0.39, 0.29) is 34.9 Å². The molecule has 0 unspecified atom stereocenters. The number of phenols is 1. The normalized spacial score (nSPS) is 16.1. The van der Waals surface area contributed by atoms with Gasteiger partial charge in [0.2, 0.25) is 0 Å². The van der Waals surface area contributed by atoms with Gasteiger partial charge in [0.15, 0.2) is 17.7 Å². The molecule has 0 spiro atoms. The highest BCUT2D eigenvalue weighted by molar-refractivity contribution is 6.34. The Labute approximate surface area is 171 Å². The molecule has 7 nitrogen and oxygen atoms in total. The zero-order valence-corrected chi connectivity index (χ0v) is 16.0. The topological polar surface area (TPSA) is 87.2 Å². The number of carbonyl (C=O) groups is 3. The van der Waals surface area contributed by atoms with Crippen molar-refractivity contribution in [2.24, 2.45) is 0 Å². The van der Waals surface area contributed by atoms with Gasteiger partial charge in [-0.1, -0.05) is 5.92 Å². The summed E-state index contributed by atoms with van der Waals surface area (Å²) in [6.07, 6.45) is 7.09. The van der Waals surface area contributed by atoms with E-state index in [0.29, 0.717) is 29.7 Å². The van der Waals surface area contributed by atoms with Crippen molar-refractivity contribution in [1.82, 2.24) is 0 Å². The molecule has 1 saturated carbocycles. The Morgan fingerprint density at radius 1 is 1.27 bits per heavy atom. The predicted octanol–water partition coefficient (Wildman–Crippen LogP) is 2.51. The van der Waals surface area contributed by atoms with Crippen LogP contribution in [-0.2, 0) is 4.79 Å². The number of carbonyl (C=O) groups excluding carboxylic acids is 3. The van der Waals surface area contributed by atoms with Gasteiger partial charge in [0, 0.05) is 13.1 Å². The van der Waals surface area contributed by atoms with Crippen LogP contribution in [0.4, 0.5) is 15.8 Å². The SMILES string of the molecule is C#CCN(C)c1cc(N2C(=O)c3ccc(O)cc3C2=O)c(F)cc1OC1(C=O)CC1. The second-order valence-electron chi connectivity index (χ2n) is 7.29. The molecule has 0 atom stereocenters. The Morgan fingerprint density at radius 3 is 2.60 bits per heavy atom. The molecule has 152 valence electrons. The fourth-order valence-electron chi connectivity index (χ4n) is 3.34. The molecule has 0 aromatic heterocycles. The van der Waals surface area contributed by atoms with Crippen LogP contribution in [0.5, 0.6) is 11.5 Å². The van der Waals surface area contributed by atoms with Crippen LogP contribution in [-0.4, -0.2) is 42.4 Å². The average Bonchev–Trinajstić information content (AvgIpc) is 3.44. The third-order valence-corrected chi connectivity index (χ3v) is 5.15. The third-order valence-electron chi connectivity index (χ3n) is 5.15. The number of hydrogen-bond acceptors (Lipinski definition) is 6. The first-order valence-corrected chi connectivity index (χ1v) is 9.15. The van der Waals surface area contributed by atoms with Crippen LogP contribution in [0.3, 0.4) is 0 Å². The summed E-state index contributed by atoms with van der Waals surface area (Å²) in [5.74, 6) is 0.0334. The third kappa shape index (κ3) is 3.05. The van der Waals surface area contributed by atoms with Crippen LogP contribution in [0.15, 0.2) is 30.3 Å². The number of fused-ring (bicyclic) bond motifs is 1. The molecule has 2 amide bonds. The zero-order chi connectivity index (χ0) is 21.6. The monoisotopic (exact) mass is 408 g/mol. The van der Waals surface area contributed by atoms with Crippen LogP contribution >= 0.6 is 0 Å². The second-order valence-corrected chi connectivity index (χ2v) is 7.29. The summed E-state index contributed by atoms with van der Waals surface area (Å²) in [5, 5.41) is 9.64. The molecule has 30 heavy (non-hydrogen) atoms. The van der Waals surface area contributed by atoms with Gasteiger partial charge in [0.05, 0.1) is 29.0 Å². The highest BCUT2D eigenvalue weighted by Crippen LogP contribution is 2.44. The van der Waals surface area contributed by atoms with E-state index in [0.717, 1.165) is 12.1 Å². The molecule has 2 aliphatic rings. The summed E-state index contributed by atoms with van der Waals surface area (Å²) in [5.41, 5.74) is -0.892. The van der Waals surface area contributed by atoms with Crippen molar-refractivity contribution in [3.63, 3.8) is 0 Å². The van der Waals surface area contributed by atoms with E-state index < -0.39 is 23.2 Å². The second kappa shape index (κ2) is 6.88. The number of hydrogen-bond donors (Lipinski definition) is 1. The van der Waals surface area contributed by atoms with Crippen LogP contribution < -0.4 is 14.5 Å². The highest BCUT2D eigenvalue weighted by Gasteiger charge is 2.46. The molecule has 1 heterocycles. The Bertz CT molecular complexity index is 1130. The first-order valence-electron chi connectivity index (χ1n) is 9.15. The maximum atomic E-state index is 15.1. The van der Waals surface area contributed by atoms with Gasteiger partial charge in [0.1, 0.15) is 11.5 Å². The van der Waals surface area contributed by atoms with Crippen LogP contribution in [0.2, 0.25) is 0 Å². The van der Waals surface area contributed by atoms with Gasteiger partial charge in [0.25, 0.3) is 11.8 Å². The van der Waals surface area contributed by atoms with Crippen molar-refractivity contribution in [2.45, 2.75) is 18.4 Å². The van der Waals surface area contributed by atoms with Gasteiger partial charge < -0.3 is 14.7 Å². The van der Waals surface area contributed by atoms with Crippen LogP contribution in [0, 0.1) is 18.2 Å². The predicted molar refractivity (Wildman–Crippen MR) is 106 cm³/mol. The molecule has 0 bridgehead atoms. The van der Waals surface area contributed by atoms with Gasteiger partial charge in [-0.25, -0.2) is 9.29 Å². The van der Waals surface area contributed by atoms with Crippen LogP contribution in [0.25, 0.3) is 0 Å². The maximum Gasteiger partial charge on any atom is 0.266 e. The first-order chi connectivity index (χ1) is 14.3. The number of terminal acetylenes is 1. The average molecular weight is 408 g/mol. The lowest BCUT2D eigenvalue weighted by Crippen LogP contribution is -2.31. The number of anilines is 2. The maximum absolute atomic E-state index is 15.1. The Kier molecular flexibility index (Phi) is 4.46. The van der Waals surface area contributed by atoms with E-state index in [9.17, 15) is 19.5 Å². The Hall–Kier alpha value is -3.86. The van der Waals surface area contributed by atoms with Gasteiger partial charge in [-0.05, 0) is 37.1 Å². The molecule has 0 radical (unpaired) electrons. The molecular weight excluding hydrogens is 391 g/mol. The van der Waals surface area contributed by atoms with Gasteiger partial charge in [-0.15, -0.1) is 6.42 Å². The smallest absolute Gasteiger partial charge is 0.266 e. The number of phenolic OH excluding ortho intramolecular Hbond substituents is 1. The quantitative estimate of drug-likeness (QED) is 0.449. The minimum Gasteiger partial charge on any atom is -0.508 e. The molecule has 1 fully saturated rings. The van der Waals surface area contributed by atoms with Gasteiger partial charge in [-0.2, -0.15) is 0 Å². The minimum absolute atomic E-state index is 0.0175. The van der Waals surface area contributed by atoms with Crippen molar-refractivity contribution in [3.05, 3.63) is 47.3 Å². The van der Waals surface area contributed by atoms with E-state index >= 15 is 4.39 Å². The van der Waals surface area contributed by atoms with Crippen molar-refractivity contribution in [2.75, 3.05) is 23.4 Å².